The first-order valence-electron chi connectivity index (χ1n) is 11.8. The molecule has 1 fully saturated rings. The average Bonchev–Trinajstić information content (AvgIpc) is 3.31. The van der Waals surface area contributed by atoms with E-state index in [0.29, 0.717) is 12.0 Å². The van der Waals surface area contributed by atoms with Gasteiger partial charge < -0.3 is 9.47 Å². The Hall–Kier alpha value is -2.47. The van der Waals surface area contributed by atoms with E-state index < -0.39 is 52.2 Å². The highest BCUT2D eigenvalue weighted by atomic mass is 79.9. The summed E-state index contributed by atoms with van der Waals surface area (Å²) >= 11 is 3.13. The molecule has 2 atom stereocenters. The van der Waals surface area contributed by atoms with Gasteiger partial charge in [-0.25, -0.2) is 14.3 Å². The Balaban J connectivity index is 2.24. The number of nitrogens with one attached hydrogen (secondary N) is 1. The molecule has 0 saturated carbocycles. The van der Waals surface area contributed by atoms with Gasteiger partial charge in [-0.2, -0.15) is 18.3 Å². The van der Waals surface area contributed by atoms with Crippen LogP contribution >= 0.6 is 15.9 Å². The molecule has 1 aromatic carbocycles. The van der Waals surface area contributed by atoms with E-state index in [2.05, 4.69) is 26.3 Å². The van der Waals surface area contributed by atoms with Gasteiger partial charge in [0.1, 0.15) is 5.60 Å². The molecule has 1 saturated heterocycles. The number of aryl methyl sites for hydroxylation is 1. The summed E-state index contributed by atoms with van der Waals surface area (Å²) in [6.07, 6.45) is -3.30. The van der Waals surface area contributed by atoms with Gasteiger partial charge in [-0.05, 0) is 72.9 Å². The molecule has 1 aromatic heterocycles. The molecule has 1 aliphatic rings. The molecule has 0 bridgehead atoms. The van der Waals surface area contributed by atoms with Crippen molar-refractivity contribution in [2.45, 2.75) is 90.2 Å². The number of fused-ring (bicyclic) bond motifs is 1. The summed E-state index contributed by atoms with van der Waals surface area (Å²) < 4.78 is 53.3. The predicted octanol–water partition coefficient (Wildman–Crippen LogP) is 5.04. The molecule has 8 nitrogen and oxygen atoms in total. The molecule has 2 aromatic rings. The van der Waals surface area contributed by atoms with Gasteiger partial charge in [0.15, 0.2) is 11.3 Å². The first kappa shape index (κ1) is 29.1. The zero-order valence-electron chi connectivity index (χ0n) is 21.8. The average molecular weight is 590 g/mol. The topological polar surface area (TPSA) is 99.5 Å². The molecule has 37 heavy (non-hydrogen) atoms. The Kier molecular flexibility index (Phi) is 7.61. The maximum atomic E-state index is 14.2. The third-order valence-electron chi connectivity index (χ3n) is 6.18. The van der Waals surface area contributed by atoms with Gasteiger partial charge >= 0.3 is 18.1 Å². The van der Waals surface area contributed by atoms with Crippen molar-refractivity contribution >= 4 is 44.6 Å². The number of carbonyl (C=O) groups excluding carboxylic acids is 3. The molecule has 0 radical (unpaired) electrons. The van der Waals surface area contributed by atoms with Crippen molar-refractivity contribution in [3.63, 3.8) is 0 Å². The molecular formula is C25H31BrF3N3O5. The molecule has 2 heterocycles. The molecule has 2 unspecified atom stereocenters. The van der Waals surface area contributed by atoms with E-state index in [4.69, 9.17) is 9.47 Å². The van der Waals surface area contributed by atoms with E-state index in [0.717, 1.165) is 16.9 Å². The summed E-state index contributed by atoms with van der Waals surface area (Å²) in [4.78, 5) is 40.7. The molecule has 0 aliphatic carbocycles. The lowest BCUT2D eigenvalue weighted by Gasteiger charge is -2.34. The van der Waals surface area contributed by atoms with E-state index in [1.807, 2.05) is 0 Å². The van der Waals surface area contributed by atoms with Crippen molar-refractivity contribution in [2.24, 2.45) is 0 Å². The van der Waals surface area contributed by atoms with Crippen molar-refractivity contribution in [2.75, 3.05) is 6.61 Å². The van der Waals surface area contributed by atoms with Gasteiger partial charge in [-0.3, -0.25) is 10.1 Å². The minimum atomic E-state index is -4.72. The summed E-state index contributed by atoms with van der Waals surface area (Å²) in [6, 6.07) is -0.908. The number of esters is 2. The fourth-order valence-electron chi connectivity index (χ4n) is 4.45. The lowest BCUT2D eigenvalue weighted by molar-refractivity contribution is -0.167. The van der Waals surface area contributed by atoms with Gasteiger partial charge in [-0.1, -0.05) is 15.9 Å². The molecule has 1 aliphatic heterocycles. The van der Waals surface area contributed by atoms with Crippen LogP contribution < -0.4 is 5.32 Å². The summed E-state index contributed by atoms with van der Waals surface area (Å²) in [5.41, 5.74) is -4.18. The Morgan fingerprint density at radius 1 is 1.22 bits per heavy atom. The second kappa shape index (κ2) is 9.68. The lowest BCUT2D eigenvalue weighted by Crippen LogP contribution is -2.62. The van der Waals surface area contributed by atoms with Crippen molar-refractivity contribution in [3.05, 3.63) is 27.9 Å². The highest BCUT2D eigenvalue weighted by Crippen LogP contribution is 2.40. The van der Waals surface area contributed by atoms with Gasteiger partial charge in [-0.15, -0.1) is 0 Å². The predicted molar refractivity (Wildman–Crippen MR) is 133 cm³/mol. The normalized spacial score (nSPS) is 20.6. The van der Waals surface area contributed by atoms with Gasteiger partial charge in [0.2, 0.25) is 6.04 Å². The Morgan fingerprint density at radius 2 is 1.84 bits per heavy atom. The zero-order valence-corrected chi connectivity index (χ0v) is 23.4. The second-order valence-corrected chi connectivity index (χ2v) is 11.7. The second-order valence-electron chi connectivity index (χ2n) is 10.8. The van der Waals surface area contributed by atoms with E-state index in [1.165, 1.54) is 6.92 Å². The number of hydrogen-bond donors (Lipinski definition) is 1. The van der Waals surface area contributed by atoms with Crippen molar-refractivity contribution < 1.29 is 37.0 Å². The minimum absolute atomic E-state index is 0.0167. The Bertz CT molecular complexity index is 1250. The number of halogens is 4. The third-order valence-corrected chi connectivity index (χ3v) is 7.00. The Labute approximate surface area is 221 Å². The fraction of sp³-hybridized carbons (Fsp3) is 0.600. The highest BCUT2D eigenvalue weighted by molar-refractivity contribution is 9.10. The molecule has 204 valence electrons. The summed E-state index contributed by atoms with van der Waals surface area (Å²) in [7, 11) is 0. The summed E-state index contributed by atoms with van der Waals surface area (Å²) in [5.74, 6) is -2.83. The van der Waals surface area contributed by atoms with Crippen molar-refractivity contribution in [3.8, 4) is 0 Å². The molecule has 12 heteroatoms. The summed E-state index contributed by atoms with van der Waals surface area (Å²) in [5, 5.41) is 6.98. The number of ketones is 1. The van der Waals surface area contributed by atoms with Crippen LogP contribution in [-0.2, 0) is 30.0 Å². The first-order valence-corrected chi connectivity index (χ1v) is 12.6. The van der Waals surface area contributed by atoms with E-state index in [1.54, 1.807) is 41.5 Å². The molecular weight excluding hydrogens is 559 g/mol. The zero-order chi connectivity index (χ0) is 28.1. The number of Topliss-reactive ketones (excluding diaryl/α,β-unsaturated/α-hetero) is 1. The molecule has 0 spiro atoms. The summed E-state index contributed by atoms with van der Waals surface area (Å²) in [6.45, 7) is 11.5. The Morgan fingerprint density at radius 3 is 2.32 bits per heavy atom. The monoisotopic (exact) mass is 589 g/mol. The van der Waals surface area contributed by atoms with E-state index in [-0.39, 0.29) is 28.4 Å². The number of aromatic nitrogens is 2. The van der Waals surface area contributed by atoms with Crippen LogP contribution in [0.15, 0.2) is 16.7 Å². The number of carbonyl (C=O) groups is 3. The van der Waals surface area contributed by atoms with Crippen LogP contribution in [-0.4, -0.2) is 50.8 Å². The molecule has 0 amide bonds. The van der Waals surface area contributed by atoms with Crippen LogP contribution in [0.4, 0.5) is 13.2 Å². The van der Waals surface area contributed by atoms with Crippen LogP contribution in [0.1, 0.15) is 71.6 Å². The minimum Gasteiger partial charge on any atom is -0.464 e. The smallest absolute Gasteiger partial charge is 0.417 e. The number of alkyl halides is 3. The quantitative estimate of drug-likeness (QED) is 0.372. The van der Waals surface area contributed by atoms with Crippen LogP contribution in [0, 0.1) is 6.92 Å². The van der Waals surface area contributed by atoms with Gasteiger partial charge in [0.25, 0.3) is 0 Å². The number of benzene rings is 1. The van der Waals surface area contributed by atoms with Crippen LogP contribution in [0.2, 0.25) is 0 Å². The maximum Gasteiger partial charge on any atom is 0.417 e. The number of ether oxygens (including phenoxy) is 2. The van der Waals surface area contributed by atoms with Crippen molar-refractivity contribution in [1.29, 1.82) is 0 Å². The highest BCUT2D eigenvalue weighted by Gasteiger charge is 2.59. The molecule has 3 rings (SSSR count). The SMILES string of the molecule is CCOC(=O)C(C(=O)C1(C(=O)OC(C)(C)C)CCC(C)(C)N1)n1cc2c(C(F)(F)F)cc(Br)c(C)c2n1. The van der Waals surface area contributed by atoms with Crippen molar-refractivity contribution in [1.82, 2.24) is 15.1 Å². The lowest BCUT2D eigenvalue weighted by atomic mass is 9.87. The van der Waals surface area contributed by atoms with Crippen LogP contribution in [0.3, 0.4) is 0 Å². The van der Waals surface area contributed by atoms with Crippen LogP contribution in [0.25, 0.3) is 10.9 Å². The van der Waals surface area contributed by atoms with Crippen LogP contribution in [0.5, 0.6) is 0 Å². The number of rotatable bonds is 6. The van der Waals surface area contributed by atoms with Gasteiger partial charge in [0, 0.05) is 21.6 Å². The number of nitrogens with zero attached hydrogens (tertiary/aromatic N) is 2. The largest absolute Gasteiger partial charge is 0.464 e. The van der Waals surface area contributed by atoms with E-state index in [9.17, 15) is 27.6 Å². The van der Waals surface area contributed by atoms with E-state index >= 15 is 0 Å². The standard InChI is InChI=1S/C25H31BrF3N3O5/c1-8-36-20(34)18(19(33)24(10-9-23(6,7)31-24)21(35)37-22(3,4)5)32-12-14-15(25(27,28)29)11-16(26)13(2)17(14)30-32/h11-12,18,31H,8-10H2,1-7H3. The fourth-order valence-corrected chi connectivity index (χ4v) is 4.87. The number of hydrogen-bond acceptors (Lipinski definition) is 7. The third kappa shape index (κ3) is 5.69. The molecule has 1 N–H and O–H groups in total. The first-order chi connectivity index (χ1) is 16.8. The van der Waals surface area contributed by atoms with Gasteiger partial charge in [0.05, 0.1) is 17.7 Å². The maximum absolute atomic E-state index is 14.2.